The molecule has 0 amide bonds. The van der Waals surface area contributed by atoms with Crippen LogP contribution in [0.2, 0.25) is 0 Å². The summed E-state index contributed by atoms with van der Waals surface area (Å²) in [4.78, 5) is 4.37. The molecule has 0 bridgehead atoms. The number of ether oxygens (including phenoxy) is 1. The summed E-state index contributed by atoms with van der Waals surface area (Å²) in [6.07, 6.45) is 2.60. The van der Waals surface area contributed by atoms with E-state index in [1.54, 1.807) is 12.1 Å². The van der Waals surface area contributed by atoms with Crippen molar-refractivity contribution >= 4 is 32.5 Å². The molecule has 8 heteroatoms. The molecule has 21 heavy (non-hydrogen) atoms. The van der Waals surface area contributed by atoms with Crippen LogP contribution in [0.5, 0.6) is 5.75 Å². The summed E-state index contributed by atoms with van der Waals surface area (Å²) in [5, 5.41) is 6.57. The van der Waals surface area contributed by atoms with E-state index in [1.807, 2.05) is 12.3 Å². The van der Waals surface area contributed by atoms with E-state index in [0.29, 0.717) is 16.4 Å². The van der Waals surface area contributed by atoms with E-state index in [-0.39, 0.29) is 4.90 Å². The summed E-state index contributed by atoms with van der Waals surface area (Å²) >= 11 is 1.43. The maximum absolute atomic E-state index is 11.8. The Kier molecular flexibility index (Phi) is 4.59. The molecule has 0 aliphatic rings. The van der Waals surface area contributed by atoms with Crippen molar-refractivity contribution in [1.29, 1.82) is 0 Å². The van der Waals surface area contributed by atoms with Gasteiger partial charge in [0.2, 0.25) is 5.13 Å². The van der Waals surface area contributed by atoms with Gasteiger partial charge in [-0.1, -0.05) is 0 Å². The topological polar surface area (TPSA) is 80.7 Å². The molecule has 0 saturated heterocycles. The highest BCUT2D eigenvalue weighted by Crippen LogP contribution is 2.21. The lowest BCUT2D eigenvalue weighted by atomic mass is 10.2. The maximum Gasteiger partial charge on any atom is 0.203 e. The molecule has 0 fully saturated rings. The van der Waals surface area contributed by atoms with E-state index in [2.05, 4.69) is 15.5 Å². The average Bonchev–Trinajstić information content (AvgIpc) is 2.83. The third-order valence-corrected chi connectivity index (χ3v) is 4.62. The Labute approximate surface area is 127 Å². The predicted octanol–water partition coefficient (Wildman–Crippen LogP) is 2.31. The van der Waals surface area contributed by atoms with Crippen molar-refractivity contribution in [2.75, 3.05) is 18.8 Å². The smallest absolute Gasteiger partial charge is 0.203 e. The Morgan fingerprint density at radius 3 is 2.76 bits per heavy atom. The molecular formula is C13H15N3O3S2. The Bertz CT molecular complexity index is 767. The van der Waals surface area contributed by atoms with E-state index < -0.39 is 9.84 Å². The second-order valence-electron chi connectivity index (χ2n) is 4.34. The molecule has 0 aliphatic heterocycles. The van der Waals surface area contributed by atoms with Gasteiger partial charge in [-0.2, -0.15) is 5.10 Å². The number of rotatable bonds is 5. The normalized spacial score (nSPS) is 11.8. The quantitative estimate of drug-likeness (QED) is 0.674. The predicted molar refractivity (Wildman–Crippen MR) is 84.2 cm³/mol. The fraction of sp³-hybridized carbons (Fsp3) is 0.231. The highest BCUT2D eigenvalue weighted by Gasteiger charge is 2.13. The van der Waals surface area contributed by atoms with Crippen molar-refractivity contribution in [1.82, 2.24) is 4.98 Å². The molecule has 2 aromatic rings. The number of hydrazone groups is 1. The minimum atomic E-state index is -3.37. The molecule has 1 aromatic carbocycles. The number of nitrogens with zero attached hydrogens (tertiary/aromatic N) is 2. The molecule has 0 aliphatic carbocycles. The number of thiazole rings is 1. The van der Waals surface area contributed by atoms with Gasteiger partial charge in [0, 0.05) is 17.2 Å². The van der Waals surface area contributed by atoms with Crippen LogP contribution in [0.1, 0.15) is 11.3 Å². The third kappa shape index (κ3) is 4.02. The number of sulfone groups is 1. The van der Waals surface area contributed by atoms with Crippen molar-refractivity contribution in [2.45, 2.75) is 11.8 Å². The van der Waals surface area contributed by atoms with Crippen LogP contribution in [-0.2, 0) is 9.84 Å². The Hall–Kier alpha value is -1.93. The summed E-state index contributed by atoms with van der Waals surface area (Å²) in [5.74, 6) is 0.482. The number of methoxy groups -OCH3 is 1. The van der Waals surface area contributed by atoms with E-state index in [4.69, 9.17) is 4.74 Å². The van der Waals surface area contributed by atoms with E-state index in [0.717, 1.165) is 11.9 Å². The lowest BCUT2D eigenvalue weighted by Gasteiger charge is -2.06. The molecule has 0 unspecified atom stereocenters. The molecule has 1 aromatic heterocycles. The zero-order chi connectivity index (χ0) is 15.5. The van der Waals surface area contributed by atoms with Gasteiger partial charge in [-0.05, 0) is 25.1 Å². The maximum atomic E-state index is 11.8. The fourth-order valence-corrected chi connectivity index (χ4v) is 3.15. The first-order valence-corrected chi connectivity index (χ1v) is 8.76. The number of benzene rings is 1. The Morgan fingerprint density at radius 1 is 1.43 bits per heavy atom. The van der Waals surface area contributed by atoms with E-state index >= 15 is 0 Å². The summed E-state index contributed by atoms with van der Waals surface area (Å²) in [6, 6.07) is 4.81. The van der Waals surface area contributed by atoms with Crippen LogP contribution in [0, 0.1) is 6.92 Å². The standard InChI is InChI=1S/C13H15N3O3S2/c1-9-8-20-13(15-9)16-14-7-10-4-5-11(19-2)6-12(10)21(3,17)18/h4-8H,1-3H3,(H,15,16). The zero-order valence-corrected chi connectivity index (χ0v) is 13.5. The molecule has 112 valence electrons. The summed E-state index contributed by atoms with van der Waals surface area (Å²) < 4.78 is 28.7. The van der Waals surface area contributed by atoms with Crippen molar-refractivity contribution in [3.8, 4) is 5.75 Å². The van der Waals surface area contributed by atoms with E-state index in [1.165, 1.54) is 30.7 Å². The molecule has 6 nitrogen and oxygen atoms in total. The van der Waals surface area contributed by atoms with Gasteiger partial charge >= 0.3 is 0 Å². The monoisotopic (exact) mass is 325 g/mol. The van der Waals surface area contributed by atoms with Crippen molar-refractivity contribution < 1.29 is 13.2 Å². The molecular weight excluding hydrogens is 310 g/mol. The Balaban J connectivity index is 2.27. The summed E-state index contributed by atoms with van der Waals surface area (Å²) in [5.41, 5.74) is 4.16. The lowest BCUT2D eigenvalue weighted by Crippen LogP contribution is -2.03. The number of aromatic nitrogens is 1. The molecule has 2 rings (SSSR count). The van der Waals surface area contributed by atoms with Crippen LogP contribution in [0.15, 0.2) is 33.6 Å². The van der Waals surface area contributed by atoms with Crippen LogP contribution in [0.4, 0.5) is 5.13 Å². The van der Waals surface area contributed by atoms with Crippen LogP contribution in [0.25, 0.3) is 0 Å². The zero-order valence-electron chi connectivity index (χ0n) is 11.8. The van der Waals surface area contributed by atoms with Crippen molar-refractivity contribution in [2.24, 2.45) is 5.10 Å². The SMILES string of the molecule is COc1ccc(C=NNc2nc(C)cs2)c(S(C)(=O)=O)c1. The van der Waals surface area contributed by atoms with Gasteiger partial charge in [0.15, 0.2) is 9.84 Å². The number of hydrogen-bond acceptors (Lipinski definition) is 7. The number of hydrogen-bond donors (Lipinski definition) is 1. The number of aryl methyl sites for hydroxylation is 1. The highest BCUT2D eigenvalue weighted by molar-refractivity contribution is 7.90. The number of nitrogens with one attached hydrogen (secondary N) is 1. The summed E-state index contributed by atoms with van der Waals surface area (Å²) in [6.45, 7) is 1.89. The Morgan fingerprint density at radius 2 is 2.19 bits per heavy atom. The van der Waals surface area contributed by atoms with E-state index in [9.17, 15) is 8.42 Å². The minimum Gasteiger partial charge on any atom is -0.497 e. The van der Waals surface area contributed by atoms with Gasteiger partial charge in [-0.15, -0.1) is 11.3 Å². The van der Waals surface area contributed by atoms with Gasteiger partial charge in [-0.3, -0.25) is 5.43 Å². The van der Waals surface area contributed by atoms with Gasteiger partial charge < -0.3 is 4.74 Å². The molecule has 0 saturated carbocycles. The molecule has 1 heterocycles. The van der Waals surface area contributed by atoms with Crippen molar-refractivity contribution in [3.05, 3.63) is 34.8 Å². The largest absolute Gasteiger partial charge is 0.497 e. The van der Waals surface area contributed by atoms with Gasteiger partial charge in [-0.25, -0.2) is 13.4 Å². The van der Waals surface area contributed by atoms with Crippen LogP contribution in [-0.4, -0.2) is 33.0 Å². The minimum absolute atomic E-state index is 0.169. The lowest BCUT2D eigenvalue weighted by molar-refractivity contribution is 0.413. The second kappa shape index (κ2) is 6.23. The number of anilines is 1. The molecule has 0 radical (unpaired) electrons. The van der Waals surface area contributed by atoms with Gasteiger partial charge in [0.25, 0.3) is 0 Å². The molecule has 0 atom stereocenters. The highest BCUT2D eigenvalue weighted by atomic mass is 32.2. The van der Waals surface area contributed by atoms with Crippen LogP contribution in [0.3, 0.4) is 0 Å². The molecule has 0 spiro atoms. The van der Waals surface area contributed by atoms with Crippen LogP contribution >= 0.6 is 11.3 Å². The summed E-state index contributed by atoms with van der Waals surface area (Å²) in [7, 11) is -1.88. The molecule has 1 N–H and O–H groups in total. The third-order valence-electron chi connectivity index (χ3n) is 2.60. The van der Waals surface area contributed by atoms with Gasteiger partial charge in [0.05, 0.1) is 23.9 Å². The van der Waals surface area contributed by atoms with Gasteiger partial charge in [0.1, 0.15) is 5.75 Å². The fourth-order valence-electron chi connectivity index (χ4n) is 1.63. The average molecular weight is 325 g/mol. The van der Waals surface area contributed by atoms with Crippen molar-refractivity contribution in [3.63, 3.8) is 0 Å². The first kappa shape index (κ1) is 15.5. The second-order valence-corrected chi connectivity index (χ2v) is 7.18. The first-order valence-electron chi connectivity index (χ1n) is 5.99. The van der Waals surface area contributed by atoms with Crippen LogP contribution < -0.4 is 10.2 Å². The first-order chi connectivity index (χ1) is 9.90.